The van der Waals surface area contributed by atoms with E-state index in [0.29, 0.717) is 16.9 Å². The Kier molecular flexibility index (Phi) is 6.77. The molecule has 9 heteroatoms. The summed E-state index contributed by atoms with van der Waals surface area (Å²) in [6.45, 7) is 5.64. The van der Waals surface area contributed by atoms with Gasteiger partial charge in [-0.25, -0.2) is 17.9 Å². The van der Waals surface area contributed by atoms with Crippen molar-refractivity contribution in [2.75, 3.05) is 13.2 Å². The van der Waals surface area contributed by atoms with E-state index in [0.717, 1.165) is 4.70 Å². The summed E-state index contributed by atoms with van der Waals surface area (Å²) in [5, 5.41) is 0.687. The zero-order chi connectivity index (χ0) is 17.3. The molecule has 2 rings (SSSR count). The third-order valence-electron chi connectivity index (χ3n) is 3.20. The van der Waals surface area contributed by atoms with Gasteiger partial charge >= 0.3 is 5.97 Å². The molecule has 1 heterocycles. The lowest BCUT2D eigenvalue weighted by Gasteiger charge is -2.23. The molecule has 1 aromatic carbocycles. The van der Waals surface area contributed by atoms with E-state index in [1.54, 1.807) is 39.0 Å². The van der Waals surface area contributed by atoms with Crippen molar-refractivity contribution < 1.29 is 17.9 Å². The minimum Gasteiger partial charge on any atom is -0.462 e. The molecule has 0 radical (unpaired) electrons. The van der Waals surface area contributed by atoms with Crippen LogP contribution in [-0.4, -0.2) is 33.1 Å². The highest BCUT2D eigenvalue weighted by Gasteiger charge is 2.25. The lowest BCUT2D eigenvalue weighted by atomic mass is 10.1. The molecule has 3 N–H and O–H groups in total. The Morgan fingerprint density at radius 1 is 1.33 bits per heavy atom. The quantitative estimate of drug-likeness (QED) is 0.736. The van der Waals surface area contributed by atoms with E-state index < -0.39 is 21.5 Å². The van der Waals surface area contributed by atoms with Gasteiger partial charge in [0.05, 0.1) is 11.5 Å². The van der Waals surface area contributed by atoms with E-state index in [2.05, 4.69) is 4.72 Å². The Balaban J connectivity index is 0.00000288. The molecule has 0 fully saturated rings. The number of thiophene rings is 1. The van der Waals surface area contributed by atoms with Gasteiger partial charge in [0.2, 0.25) is 10.0 Å². The maximum absolute atomic E-state index is 12.4. The summed E-state index contributed by atoms with van der Waals surface area (Å²) in [6.07, 6.45) is 0. The van der Waals surface area contributed by atoms with Crippen LogP contribution in [0.3, 0.4) is 0 Å². The summed E-state index contributed by atoms with van der Waals surface area (Å²) in [6, 6.07) is 6.39. The fraction of sp³-hybridized carbons (Fsp3) is 0.400. The third-order valence-corrected chi connectivity index (χ3v) is 5.99. The van der Waals surface area contributed by atoms with Crippen LogP contribution in [-0.2, 0) is 14.8 Å². The number of hydrogen-bond donors (Lipinski definition) is 2. The van der Waals surface area contributed by atoms with E-state index >= 15 is 0 Å². The number of carbonyl (C=O) groups is 1. The van der Waals surface area contributed by atoms with Crippen LogP contribution in [0, 0.1) is 0 Å². The third kappa shape index (κ3) is 4.67. The molecule has 6 nitrogen and oxygen atoms in total. The number of halogens is 1. The Morgan fingerprint density at radius 3 is 2.58 bits per heavy atom. The van der Waals surface area contributed by atoms with Crippen molar-refractivity contribution in [1.29, 1.82) is 0 Å². The highest BCUT2D eigenvalue weighted by molar-refractivity contribution is 7.89. The van der Waals surface area contributed by atoms with Crippen molar-refractivity contribution in [2.45, 2.75) is 31.2 Å². The number of sulfonamides is 1. The fourth-order valence-electron chi connectivity index (χ4n) is 1.96. The maximum Gasteiger partial charge on any atom is 0.348 e. The maximum atomic E-state index is 12.4. The van der Waals surface area contributed by atoms with Crippen LogP contribution in [0.25, 0.3) is 10.1 Å². The molecule has 0 spiro atoms. The molecule has 134 valence electrons. The summed E-state index contributed by atoms with van der Waals surface area (Å²) >= 11 is 1.27. The van der Waals surface area contributed by atoms with Gasteiger partial charge in [-0.2, -0.15) is 0 Å². The Bertz CT molecular complexity index is 831. The lowest BCUT2D eigenvalue weighted by molar-refractivity contribution is 0.0532. The summed E-state index contributed by atoms with van der Waals surface area (Å²) in [7, 11) is -3.68. The molecule has 0 aliphatic heterocycles. The number of benzene rings is 1. The van der Waals surface area contributed by atoms with Crippen molar-refractivity contribution in [3.05, 3.63) is 29.1 Å². The monoisotopic (exact) mass is 392 g/mol. The Hall–Kier alpha value is -1.19. The molecule has 0 saturated carbocycles. The van der Waals surface area contributed by atoms with Crippen LogP contribution in [0.5, 0.6) is 0 Å². The molecule has 0 amide bonds. The van der Waals surface area contributed by atoms with E-state index in [9.17, 15) is 13.2 Å². The minimum absolute atomic E-state index is 0. The molecule has 0 aliphatic carbocycles. The second kappa shape index (κ2) is 7.79. The number of esters is 1. The highest BCUT2D eigenvalue weighted by atomic mass is 35.5. The molecule has 1 aromatic heterocycles. The molecule has 0 bridgehead atoms. The molecule has 24 heavy (non-hydrogen) atoms. The van der Waals surface area contributed by atoms with Gasteiger partial charge in [-0.1, -0.05) is 0 Å². The normalized spacial score (nSPS) is 12.0. The molecule has 0 unspecified atom stereocenters. The van der Waals surface area contributed by atoms with Gasteiger partial charge in [-0.3, -0.25) is 0 Å². The van der Waals surface area contributed by atoms with Gasteiger partial charge in [-0.15, -0.1) is 23.7 Å². The van der Waals surface area contributed by atoms with Crippen LogP contribution in [0.15, 0.2) is 29.2 Å². The van der Waals surface area contributed by atoms with Crippen molar-refractivity contribution in [2.24, 2.45) is 5.73 Å². The predicted molar refractivity (Wildman–Crippen MR) is 98.5 cm³/mol. The topological polar surface area (TPSA) is 98.5 Å². The number of hydrogen-bond acceptors (Lipinski definition) is 6. The number of ether oxygens (including phenoxy) is 1. The van der Waals surface area contributed by atoms with E-state index in [1.165, 1.54) is 17.4 Å². The van der Waals surface area contributed by atoms with Gasteiger partial charge in [-0.05, 0) is 50.4 Å². The largest absolute Gasteiger partial charge is 0.462 e. The SMILES string of the molecule is CCOC(=O)c1cc2cc(S(=O)(=O)NC(C)(C)CN)ccc2s1.Cl. The van der Waals surface area contributed by atoms with Crippen molar-refractivity contribution >= 4 is 49.8 Å². The fourth-order valence-corrected chi connectivity index (χ4v) is 4.35. The summed E-state index contributed by atoms with van der Waals surface area (Å²) < 4.78 is 33.2. The predicted octanol–water partition coefficient (Wildman–Crippen LogP) is 2.52. The summed E-state index contributed by atoms with van der Waals surface area (Å²) in [5.74, 6) is -0.402. The summed E-state index contributed by atoms with van der Waals surface area (Å²) in [5.41, 5.74) is 4.83. The number of nitrogens with two attached hydrogens (primary N) is 1. The van der Waals surface area contributed by atoms with E-state index in [1.807, 2.05) is 0 Å². The second-order valence-electron chi connectivity index (χ2n) is 5.72. The zero-order valence-corrected chi connectivity index (χ0v) is 16.1. The first-order chi connectivity index (χ1) is 10.7. The number of rotatable bonds is 6. The van der Waals surface area contributed by atoms with Gasteiger partial charge < -0.3 is 10.5 Å². The molecule has 0 atom stereocenters. The van der Waals surface area contributed by atoms with E-state index in [4.69, 9.17) is 10.5 Å². The Morgan fingerprint density at radius 2 is 2.00 bits per heavy atom. The average Bonchev–Trinajstić information content (AvgIpc) is 2.89. The van der Waals surface area contributed by atoms with Crippen molar-refractivity contribution in [3.63, 3.8) is 0 Å². The minimum atomic E-state index is -3.68. The molecular weight excluding hydrogens is 372 g/mol. The zero-order valence-electron chi connectivity index (χ0n) is 13.7. The smallest absolute Gasteiger partial charge is 0.348 e. The standard InChI is InChI=1S/C15H20N2O4S2.ClH/c1-4-21-14(18)13-8-10-7-11(5-6-12(10)22-13)23(19,20)17-15(2,3)9-16;/h5-8,17H,4,9,16H2,1-3H3;1H. The van der Waals surface area contributed by atoms with Crippen LogP contribution in [0.1, 0.15) is 30.4 Å². The van der Waals surface area contributed by atoms with Gasteiger partial charge in [0, 0.05) is 16.8 Å². The van der Waals surface area contributed by atoms with Gasteiger partial charge in [0.15, 0.2) is 0 Å². The lowest BCUT2D eigenvalue weighted by Crippen LogP contribution is -2.48. The number of fused-ring (bicyclic) bond motifs is 1. The van der Waals surface area contributed by atoms with Gasteiger partial charge in [0.25, 0.3) is 0 Å². The molecule has 2 aromatic rings. The number of nitrogens with one attached hydrogen (secondary N) is 1. The average molecular weight is 393 g/mol. The first-order valence-electron chi connectivity index (χ1n) is 7.13. The van der Waals surface area contributed by atoms with E-state index in [-0.39, 0.29) is 23.8 Å². The first-order valence-corrected chi connectivity index (χ1v) is 9.43. The van der Waals surface area contributed by atoms with Crippen molar-refractivity contribution in [3.8, 4) is 0 Å². The first kappa shape index (κ1) is 20.9. The molecule has 0 aliphatic rings. The van der Waals surface area contributed by atoms with Crippen LogP contribution in [0.2, 0.25) is 0 Å². The van der Waals surface area contributed by atoms with Crippen molar-refractivity contribution in [1.82, 2.24) is 4.72 Å². The second-order valence-corrected chi connectivity index (χ2v) is 8.49. The highest BCUT2D eigenvalue weighted by Crippen LogP contribution is 2.28. The van der Waals surface area contributed by atoms with Crippen LogP contribution in [0.4, 0.5) is 0 Å². The summed E-state index contributed by atoms with van der Waals surface area (Å²) in [4.78, 5) is 12.4. The molecule has 0 saturated heterocycles. The van der Waals surface area contributed by atoms with Crippen LogP contribution < -0.4 is 10.5 Å². The number of carbonyl (C=O) groups excluding carboxylic acids is 1. The molecular formula is C15H21ClN2O4S2. The van der Waals surface area contributed by atoms with Crippen LogP contribution >= 0.6 is 23.7 Å². The van der Waals surface area contributed by atoms with Gasteiger partial charge in [0.1, 0.15) is 4.88 Å². The Labute approximate surface area is 151 Å².